The average molecular weight is 400 g/mol. The molecule has 0 bridgehead atoms. The summed E-state index contributed by atoms with van der Waals surface area (Å²) in [4.78, 5) is 6.85. The average Bonchev–Trinajstić information content (AvgIpc) is 3.30. The van der Waals surface area contributed by atoms with E-state index in [1.807, 2.05) is 29.2 Å². The van der Waals surface area contributed by atoms with Crippen LogP contribution in [0.3, 0.4) is 0 Å². The van der Waals surface area contributed by atoms with Gasteiger partial charge >= 0.3 is 0 Å². The molecule has 2 aromatic carbocycles. The number of rotatable bonds is 3. The number of aryl methyl sites for hydroxylation is 1. The van der Waals surface area contributed by atoms with Gasteiger partial charge in [-0.3, -0.25) is 4.90 Å². The van der Waals surface area contributed by atoms with E-state index < -0.39 is 0 Å². The monoisotopic (exact) mass is 399 g/mol. The van der Waals surface area contributed by atoms with Crippen LogP contribution in [0.5, 0.6) is 0 Å². The fourth-order valence-electron chi connectivity index (χ4n) is 3.60. The third-order valence-electron chi connectivity index (χ3n) is 5.10. The lowest BCUT2D eigenvalue weighted by Crippen LogP contribution is -2.42. The summed E-state index contributed by atoms with van der Waals surface area (Å²) in [5.74, 6) is 0. The first kappa shape index (κ1) is 18.3. The van der Waals surface area contributed by atoms with Gasteiger partial charge in [0.25, 0.3) is 6.02 Å². The van der Waals surface area contributed by atoms with Crippen molar-refractivity contribution in [3.63, 3.8) is 0 Å². The van der Waals surface area contributed by atoms with Gasteiger partial charge in [0.1, 0.15) is 6.61 Å². The molecule has 4 nitrogen and oxygen atoms in total. The van der Waals surface area contributed by atoms with Gasteiger partial charge in [-0.15, -0.1) is 0 Å². The molecule has 1 aliphatic heterocycles. The fourth-order valence-corrected chi connectivity index (χ4v) is 4.07. The molecule has 0 aromatic heterocycles. The molecule has 0 amide bonds. The van der Waals surface area contributed by atoms with Crippen LogP contribution in [0.1, 0.15) is 42.1 Å². The van der Waals surface area contributed by atoms with Crippen LogP contribution in [-0.2, 0) is 11.2 Å². The first-order valence-corrected chi connectivity index (χ1v) is 10.0. The zero-order valence-corrected chi connectivity index (χ0v) is 16.8. The van der Waals surface area contributed by atoms with Crippen molar-refractivity contribution in [1.82, 2.24) is 10.2 Å². The highest BCUT2D eigenvalue weighted by Crippen LogP contribution is 2.34. The molecule has 27 heavy (non-hydrogen) atoms. The molecular formula is C21H22ClN3OS. The van der Waals surface area contributed by atoms with Crippen molar-refractivity contribution in [2.24, 2.45) is 4.99 Å². The minimum absolute atomic E-state index is 0.0730. The zero-order chi connectivity index (χ0) is 18.8. The van der Waals surface area contributed by atoms with Crippen molar-refractivity contribution in [3.8, 4) is 0 Å². The first-order chi connectivity index (χ1) is 13.1. The molecular weight excluding hydrogens is 378 g/mol. The number of hydrogen-bond acceptors (Lipinski definition) is 3. The molecule has 0 radical (unpaired) electrons. The Labute approximate surface area is 170 Å². The van der Waals surface area contributed by atoms with Crippen LogP contribution in [0.15, 0.2) is 53.5 Å². The molecule has 1 heterocycles. The molecule has 0 spiro atoms. The summed E-state index contributed by atoms with van der Waals surface area (Å²) in [7, 11) is 0. The summed E-state index contributed by atoms with van der Waals surface area (Å²) in [6, 6.07) is 17.1. The predicted octanol–water partition coefficient (Wildman–Crippen LogP) is 4.65. The minimum Gasteiger partial charge on any atom is -0.463 e. The SMILES string of the molecule is CC(NC(=S)N1CCOC1=NC1CCc2ccccc21)c1ccc(Cl)cc1. The summed E-state index contributed by atoms with van der Waals surface area (Å²) >= 11 is 11.6. The Morgan fingerprint density at radius 3 is 2.85 bits per heavy atom. The zero-order valence-electron chi connectivity index (χ0n) is 15.2. The lowest BCUT2D eigenvalue weighted by molar-refractivity contribution is 0.348. The second-order valence-corrected chi connectivity index (χ2v) is 7.71. The number of benzene rings is 2. The van der Waals surface area contributed by atoms with Crippen LogP contribution in [0, 0.1) is 0 Å². The van der Waals surface area contributed by atoms with Gasteiger partial charge < -0.3 is 10.1 Å². The van der Waals surface area contributed by atoms with Crippen molar-refractivity contribution in [2.45, 2.75) is 31.8 Å². The summed E-state index contributed by atoms with van der Waals surface area (Å²) in [6.45, 7) is 3.40. The maximum Gasteiger partial charge on any atom is 0.294 e. The van der Waals surface area contributed by atoms with Gasteiger partial charge in [0, 0.05) is 5.02 Å². The predicted molar refractivity (Wildman–Crippen MR) is 113 cm³/mol. The number of hydrogen-bond donors (Lipinski definition) is 1. The lowest BCUT2D eigenvalue weighted by Gasteiger charge is -2.23. The standard InChI is InChI=1S/C21H22ClN3OS/c1-14(15-6-9-17(22)10-7-15)23-21(27)25-12-13-26-20(25)24-19-11-8-16-4-2-3-5-18(16)19/h2-7,9-10,14,19H,8,11-13H2,1H3,(H,23,27). The molecule has 2 aromatic rings. The molecule has 1 fully saturated rings. The molecule has 1 N–H and O–H groups in total. The van der Waals surface area contributed by atoms with E-state index in [2.05, 4.69) is 36.5 Å². The molecule has 2 unspecified atom stereocenters. The Morgan fingerprint density at radius 1 is 1.26 bits per heavy atom. The molecule has 2 aliphatic rings. The Morgan fingerprint density at radius 2 is 2.04 bits per heavy atom. The van der Waals surface area contributed by atoms with E-state index in [1.165, 1.54) is 11.1 Å². The number of ether oxygens (including phenoxy) is 1. The maximum atomic E-state index is 5.98. The number of halogens is 1. The lowest BCUT2D eigenvalue weighted by atomic mass is 10.1. The Balaban J connectivity index is 1.46. The van der Waals surface area contributed by atoms with Gasteiger partial charge in [0.05, 0.1) is 18.6 Å². The van der Waals surface area contributed by atoms with Crippen molar-refractivity contribution >= 4 is 35.0 Å². The van der Waals surface area contributed by atoms with Crippen LogP contribution in [0.2, 0.25) is 5.02 Å². The molecule has 140 valence electrons. The van der Waals surface area contributed by atoms with Crippen LogP contribution >= 0.6 is 23.8 Å². The first-order valence-electron chi connectivity index (χ1n) is 9.24. The fraction of sp³-hybridized carbons (Fsp3) is 0.333. The topological polar surface area (TPSA) is 36.9 Å². The van der Waals surface area contributed by atoms with Crippen molar-refractivity contribution in [2.75, 3.05) is 13.2 Å². The summed E-state index contributed by atoms with van der Waals surface area (Å²) < 4.78 is 5.80. The number of fused-ring (bicyclic) bond motifs is 1. The number of nitrogens with zero attached hydrogens (tertiary/aromatic N) is 2. The molecule has 2 atom stereocenters. The minimum atomic E-state index is 0.0730. The highest BCUT2D eigenvalue weighted by Gasteiger charge is 2.29. The second kappa shape index (κ2) is 7.87. The third kappa shape index (κ3) is 3.94. The number of amidine groups is 1. The summed E-state index contributed by atoms with van der Waals surface area (Å²) in [5, 5.41) is 4.75. The van der Waals surface area contributed by atoms with Crippen molar-refractivity contribution in [3.05, 3.63) is 70.2 Å². The summed E-state index contributed by atoms with van der Waals surface area (Å²) in [5.41, 5.74) is 3.81. The number of nitrogens with one attached hydrogen (secondary N) is 1. The number of aliphatic imine (C=N–C) groups is 1. The van der Waals surface area contributed by atoms with Gasteiger partial charge in [-0.2, -0.15) is 0 Å². The van der Waals surface area contributed by atoms with E-state index in [-0.39, 0.29) is 12.1 Å². The molecule has 6 heteroatoms. The molecule has 4 rings (SSSR count). The van der Waals surface area contributed by atoms with Gasteiger partial charge in [-0.05, 0) is 60.8 Å². The van der Waals surface area contributed by atoms with E-state index in [0.717, 1.165) is 23.4 Å². The van der Waals surface area contributed by atoms with Crippen molar-refractivity contribution < 1.29 is 4.74 Å². The van der Waals surface area contributed by atoms with E-state index in [1.54, 1.807) is 0 Å². The largest absolute Gasteiger partial charge is 0.463 e. The van der Waals surface area contributed by atoms with E-state index in [4.69, 9.17) is 33.5 Å². The summed E-state index contributed by atoms with van der Waals surface area (Å²) in [6.07, 6.45) is 2.08. The smallest absolute Gasteiger partial charge is 0.294 e. The van der Waals surface area contributed by atoms with Gasteiger partial charge in [-0.1, -0.05) is 48.0 Å². The van der Waals surface area contributed by atoms with Crippen LogP contribution in [-0.4, -0.2) is 29.2 Å². The van der Waals surface area contributed by atoms with E-state index in [0.29, 0.717) is 24.3 Å². The van der Waals surface area contributed by atoms with Crippen molar-refractivity contribution in [1.29, 1.82) is 0 Å². The van der Waals surface area contributed by atoms with E-state index >= 15 is 0 Å². The molecule has 1 aliphatic carbocycles. The van der Waals surface area contributed by atoms with Crippen LogP contribution < -0.4 is 5.32 Å². The molecule has 1 saturated heterocycles. The third-order valence-corrected chi connectivity index (χ3v) is 5.69. The maximum absolute atomic E-state index is 5.98. The highest BCUT2D eigenvalue weighted by molar-refractivity contribution is 7.80. The second-order valence-electron chi connectivity index (χ2n) is 6.89. The Bertz CT molecular complexity index is 868. The van der Waals surface area contributed by atoms with Crippen LogP contribution in [0.4, 0.5) is 0 Å². The number of thiocarbonyl (C=S) groups is 1. The van der Waals surface area contributed by atoms with Gasteiger partial charge in [0.15, 0.2) is 5.11 Å². The molecule has 0 saturated carbocycles. The van der Waals surface area contributed by atoms with E-state index in [9.17, 15) is 0 Å². The Hall–Kier alpha value is -2.11. The highest BCUT2D eigenvalue weighted by atomic mass is 35.5. The van der Waals surface area contributed by atoms with Crippen LogP contribution in [0.25, 0.3) is 0 Å². The van der Waals surface area contributed by atoms with Gasteiger partial charge in [0.2, 0.25) is 0 Å². The normalized spacial score (nSPS) is 21.0. The Kier molecular flexibility index (Phi) is 5.32. The van der Waals surface area contributed by atoms with Gasteiger partial charge in [-0.25, -0.2) is 4.99 Å². The quantitative estimate of drug-likeness (QED) is 0.762.